The Kier molecular flexibility index (Phi) is 6.19. The number of rotatable bonds is 7. The summed E-state index contributed by atoms with van der Waals surface area (Å²) in [6.45, 7) is -0.341. The first kappa shape index (κ1) is 17.3. The molecule has 1 N–H and O–H groups in total. The fraction of sp³-hybridized carbons (Fsp3) is 0.222. The van der Waals surface area contributed by atoms with Gasteiger partial charge in [0.25, 0.3) is 5.91 Å². The molecular formula is C18H19NO5. The van der Waals surface area contributed by atoms with Crippen LogP contribution in [0.25, 0.3) is 0 Å². The Bertz CT molecular complexity index is 697. The van der Waals surface area contributed by atoms with Crippen LogP contribution < -0.4 is 14.8 Å². The summed E-state index contributed by atoms with van der Waals surface area (Å²) in [5, 5.41) is 2.64. The van der Waals surface area contributed by atoms with Crippen molar-refractivity contribution in [1.82, 2.24) is 0 Å². The fourth-order valence-electron chi connectivity index (χ4n) is 2.01. The highest BCUT2D eigenvalue weighted by Gasteiger charge is 2.09. The molecule has 0 atom stereocenters. The number of amides is 1. The van der Waals surface area contributed by atoms with Gasteiger partial charge in [-0.25, -0.2) is 0 Å². The summed E-state index contributed by atoms with van der Waals surface area (Å²) in [4.78, 5) is 23.6. The van der Waals surface area contributed by atoms with Crippen LogP contribution in [0.15, 0.2) is 48.5 Å². The molecule has 0 fully saturated rings. The van der Waals surface area contributed by atoms with Crippen LogP contribution in [0.4, 0.5) is 5.69 Å². The number of hydrogen-bond acceptors (Lipinski definition) is 5. The lowest BCUT2D eigenvalue weighted by Gasteiger charge is -2.08. The van der Waals surface area contributed by atoms with E-state index in [2.05, 4.69) is 5.32 Å². The van der Waals surface area contributed by atoms with Gasteiger partial charge in [-0.05, 0) is 29.8 Å². The number of carbonyl (C=O) groups is 2. The Morgan fingerprint density at radius 2 is 1.67 bits per heavy atom. The third kappa shape index (κ3) is 5.31. The van der Waals surface area contributed by atoms with E-state index < -0.39 is 11.9 Å². The van der Waals surface area contributed by atoms with Crippen molar-refractivity contribution in [2.45, 2.75) is 6.42 Å². The van der Waals surface area contributed by atoms with Crippen molar-refractivity contribution in [3.8, 4) is 11.5 Å². The van der Waals surface area contributed by atoms with Gasteiger partial charge in [0.15, 0.2) is 6.61 Å². The maximum atomic E-state index is 11.8. The summed E-state index contributed by atoms with van der Waals surface area (Å²) in [5.41, 5.74) is 1.36. The van der Waals surface area contributed by atoms with Crippen molar-refractivity contribution < 1.29 is 23.8 Å². The van der Waals surface area contributed by atoms with Crippen LogP contribution in [0.1, 0.15) is 5.56 Å². The molecule has 0 saturated carbocycles. The molecule has 0 aliphatic carbocycles. The molecule has 0 unspecified atom stereocenters. The molecule has 1 amide bonds. The van der Waals surface area contributed by atoms with Crippen LogP contribution in [0.3, 0.4) is 0 Å². The molecule has 6 nitrogen and oxygen atoms in total. The number of nitrogens with one attached hydrogen (secondary N) is 1. The maximum Gasteiger partial charge on any atom is 0.310 e. The van der Waals surface area contributed by atoms with Gasteiger partial charge < -0.3 is 19.5 Å². The van der Waals surface area contributed by atoms with Crippen molar-refractivity contribution in [1.29, 1.82) is 0 Å². The fourth-order valence-corrected chi connectivity index (χ4v) is 2.01. The van der Waals surface area contributed by atoms with E-state index in [0.717, 1.165) is 5.56 Å². The van der Waals surface area contributed by atoms with Crippen molar-refractivity contribution >= 4 is 17.6 Å². The van der Waals surface area contributed by atoms with Crippen LogP contribution >= 0.6 is 0 Å². The largest absolute Gasteiger partial charge is 0.497 e. The Labute approximate surface area is 140 Å². The second-order valence-electron chi connectivity index (χ2n) is 4.97. The Morgan fingerprint density at radius 3 is 2.33 bits per heavy atom. The molecule has 2 rings (SSSR count). The SMILES string of the molecule is COc1ccc(CC(=O)OCC(=O)Nc2cccc(OC)c2)cc1. The summed E-state index contributed by atoms with van der Waals surface area (Å²) in [6.07, 6.45) is 0.0937. The second kappa shape index (κ2) is 8.57. The molecule has 2 aromatic rings. The Balaban J connectivity index is 1.78. The molecule has 24 heavy (non-hydrogen) atoms. The van der Waals surface area contributed by atoms with E-state index >= 15 is 0 Å². The van der Waals surface area contributed by atoms with E-state index in [1.54, 1.807) is 62.8 Å². The molecule has 0 aliphatic heterocycles. The summed E-state index contributed by atoms with van der Waals surface area (Å²) in [5.74, 6) is 0.460. The Morgan fingerprint density at radius 1 is 0.958 bits per heavy atom. The molecule has 0 saturated heterocycles. The molecule has 0 aliphatic rings. The summed E-state index contributed by atoms with van der Waals surface area (Å²) >= 11 is 0. The number of methoxy groups -OCH3 is 2. The zero-order chi connectivity index (χ0) is 17.4. The van der Waals surface area contributed by atoms with E-state index in [-0.39, 0.29) is 13.0 Å². The molecule has 126 valence electrons. The number of benzene rings is 2. The first-order chi connectivity index (χ1) is 11.6. The van der Waals surface area contributed by atoms with E-state index in [9.17, 15) is 9.59 Å². The second-order valence-corrected chi connectivity index (χ2v) is 4.97. The van der Waals surface area contributed by atoms with Crippen molar-refractivity contribution in [2.24, 2.45) is 0 Å². The summed E-state index contributed by atoms with van der Waals surface area (Å²) in [7, 11) is 3.12. The lowest BCUT2D eigenvalue weighted by atomic mass is 10.1. The average Bonchev–Trinajstić information content (AvgIpc) is 2.61. The number of hydrogen-bond donors (Lipinski definition) is 1. The van der Waals surface area contributed by atoms with Crippen LogP contribution in [-0.2, 0) is 20.7 Å². The third-order valence-corrected chi connectivity index (χ3v) is 3.23. The van der Waals surface area contributed by atoms with Crippen LogP contribution in [0, 0.1) is 0 Å². The van der Waals surface area contributed by atoms with Crippen molar-refractivity contribution in [3.05, 3.63) is 54.1 Å². The van der Waals surface area contributed by atoms with E-state index in [0.29, 0.717) is 17.2 Å². The highest BCUT2D eigenvalue weighted by molar-refractivity contribution is 5.93. The number of carbonyl (C=O) groups excluding carboxylic acids is 2. The molecule has 0 bridgehead atoms. The molecule has 0 spiro atoms. The normalized spacial score (nSPS) is 9.92. The van der Waals surface area contributed by atoms with Crippen molar-refractivity contribution in [2.75, 3.05) is 26.1 Å². The van der Waals surface area contributed by atoms with E-state index in [4.69, 9.17) is 14.2 Å². The van der Waals surface area contributed by atoms with Crippen LogP contribution in [0.5, 0.6) is 11.5 Å². The topological polar surface area (TPSA) is 73.9 Å². The molecule has 0 radical (unpaired) electrons. The van der Waals surface area contributed by atoms with Gasteiger partial charge in [-0.3, -0.25) is 9.59 Å². The van der Waals surface area contributed by atoms with Gasteiger partial charge in [0.05, 0.1) is 20.6 Å². The number of anilines is 1. The van der Waals surface area contributed by atoms with Crippen molar-refractivity contribution in [3.63, 3.8) is 0 Å². The third-order valence-electron chi connectivity index (χ3n) is 3.23. The minimum Gasteiger partial charge on any atom is -0.497 e. The minimum atomic E-state index is -0.471. The molecule has 2 aromatic carbocycles. The van der Waals surface area contributed by atoms with Gasteiger partial charge in [-0.2, -0.15) is 0 Å². The van der Waals surface area contributed by atoms with Crippen LogP contribution in [0.2, 0.25) is 0 Å². The van der Waals surface area contributed by atoms with Gasteiger partial charge in [-0.15, -0.1) is 0 Å². The number of ether oxygens (including phenoxy) is 3. The Hall–Kier alpha value is -3.02. The van der Waals surface area contributed by atoms with Gasteiger partial charge >= 0.3 is 5.97 Å². The average molecular weight is 329 g/mol. The monoisotopic (exact) mass is 329 g/mol. The first-order valence-corrected chi connectivity index (χ1v) is 7.33. The predicted octanol–water partition coefficient (Wildman–Crippen LogP) is 2.43. The lowest BCUT2D eigenvalue weighted by Crippen LogP contribution is -2.21. The minimum absolute atomic E-state index is 0.0937. The standard InChI is InChI=1S/C18H19NO5/c1-22-15-8-6-13(7-9-15)10-18(21)24-12-17(20)19-14-4-3-5-16(11-14)23-2/h3-9,11H,10,12H2,1-2H3,(H,19,20). The van der Waals surface area contributed by atoms with Gasteiger partial charge in [0.2, 0.25) is 0 Å². The first-order valence-electron chi connectivity index (χ1n) is 7.33. The smallest absolute Gasteiger partial charge is 0.310 e. The quantitative estimate of drug-likeness (QED) is 0.790. The zero-order valence-corrected chi connectivity index (χ0v) is 13.6. The van der Waals surface area contributed by atoms with Gasteiger partial charge in [-0.1, -0.05) is 18.2 Å². The zero-order valence-electron chi connectivity index (χ0n) is 13.6. The number of esters is 1. The summed E-state index contributed by atoms with van der Waals surface area (Å²) < 4.78 is 15.1. The summed E-state index contributed by atoms with van der Waals surface area (Å²) in [6, 6.07) is 14.0. The van der Waals surface area contributed by atoms with Gasteiger partial charge in [0.1, 0.15) is 11.5 Å². The predicted molar refractivity (Wildman–Crippen MR) is 89.3 cm³/mol. The highest BCUT2D eigenvalue weighted by atomic mass is 16.5. The van der Waals surface area contributed by atoms with Gasteiger partial charge in [0, 0.05) is 11.8 Å². The molecule has 0 heterocycles. The van der Waals surface area contributed by atoms with E-state index in [1.165, 1.54) is 0 Å². The highest BCUT2D eigenvalue weighted by Crippen LogP contribution is 2.16. The maximum absolute atomic E-state index is 11.8. The molecular weight excluding hydrogens is 310 g/mol. The molecule has 0 aromatic heterocycles. The van der Waals surface area contributed by atoms with E-state index in [1.807, 2.05) is 0 Å². The molecule has 6 heteroatoms. The lowest BCUT2D eigenvalue weighted by molar-refractivity contribution is -0.146. The van der Waals surface area contributed by atoms with Crippen LogP contribution in [-0.4, -0.2) is 32.7 Å².